The molecule has 1 aromatic heterocycles. The summed E-state index contributed by atoms with van der Waals surface area (Å²) >= 11 is 0. The summed E-state index contributed by atoms with van der Waals surface area (Å²) in [6.45, 7) is 1.46. The molecule has 0 spiro atoms. The topological polar surface area (TPSA) is 82.7 Å². The fraction of sp³-hybridized carbons (Fsp3) is 0.391. The summed E-state index contributed by atoms with van der Waals surface area (Å²) in [7, 11) is 3.21. The second-order valence-corrected chi connectivity index (χ2v) is 7.95. The normalized spacial score (nSPS) is 21.6. The van der Waals surface area contributed by atoms with E-state index in [2.05, 4.69) is 22.0 Å². The third kappa shape index (κ3) is 3.50. The number of ether oxygens (including phenoxy) is 3. The average Bonchev–Trinajstić information content (AvgIpc) is 3.64. The van der Waals surface area contributed by atoms with E-state index in [1.807, 2.05) is 30.3 Å². The summed E-state index contributed by atoms with van der Waals surface area (Å²) in [5.41, 5.74) is 8.24. The Kier molecular flexibility index (Phi) is 4.83. The van der Waals surface area contributed by atoms with Crippen LogP contribution in [-0.4, -0.2) is 43.4 Å². The zero-order chi connectivity index (χ0) is 20.7. The van der Waals surface area contributed by atoms with Gasteiger partial charge in [0.15, 0.2) is 11.5 Å². The number of benzene rings is 2. The quantitative estimate of drug-likeness (QED) is 0.693. The van der Waals surface area contributed by atoms with Crippen molar-refractivity contribution in [1.29, 1.82) is 0 Å². The minimum Gasteiger partial charge on any atom is -0.493 e. The maximum Gasteiger partial charge on any atom is 0.228 e. The van der Waals surface area contributed by atoms with Gasteiger partial charge in [0.25, 0.3) is 0 Å². The molecule has 30 heavy (non-hydrogen) atoms. The predicted molar refractivity (Wildman–Crippen MR) is 116 cm³/mol. The third-order valence-electron chi connectivity index (χ3n) is 5.95. The number of nitrogen functional groups attached to an aromatic ring is 1. The molecule has 156 valence electrons. The van der Waals surface area contributed by atoms with Crippen molar-refractivity contribution < 1.29 is 14.2 Å². The van der Waals surface area contributed by atoms with E-state index in [1.54, 1.807) is 14.2 Å². The molecule has 2 heterocycles. The number of methoxy groups -OCH3 is 2. The molecule has 1 aliphatic carbocycles. The first-order valence-electron chi connectivity index (χ1n) is 10.3. The van der Waals surface area contributed by atoms with Crippen LogP contribution < -0.4 is 20.1 Å². The van der Waals surface area contributed by atoms with Crippen LogP contribution in [0, 0.1) is 5.92 Å². The van der Waals surface area contributed by atoms with Gasteiger partial charge in [-0.3, -0.25) is 0 Å². The first-order valence-corrected chi connectivity index (χ1v) is 10.3. The molecule has 7 nitrogen and oxygen atoms in total. The van der Waals surface area contributed by atoms with Crippen LogP contribution in [0.25, 0.3) is 10.9 Å². The van der Waals surface area contributed by atoms with E-state index >= 15 is 0 Å². The van der Waals surface area contributed by atoms with Crippen molar-refractivity contribution in [3.05, 3.63) is 48.0 Å². The Labute approximate surface area is 175 Å². The van der Waals surface area contributed by atoms with Gasteiger partial charge in [0.1, 0.15) is 11.9 Å². The lowest BCUT2D eigenvalue weighted by Gasteiger charge is -2.38. The molecule has 2 aromatic carbocycles. The van der Waals surface area contributed by atoms with Crippen LogP contribution in [0.1, 0.15) is 24.5 Å². The smallest absolute Gasteiger partial charge is 0.228 e. The molecule has 5 rings (SSSR count). The molecule has 2 fully saturated rings. The molecule has 0 radical (unpaired) electrons. The lowest BCUT2D eigenvalue weighted by molar-refractivity contribution is -0.0389. The first kappa shape index (κ1) is 18.9. The Morgan fingerprint density at radius 1 is 1.00 bits per heavy atom. The highest BCUT2D eigenvalue weighted by molar-refractivity contribution is 5.91. The predicted octanol–water partition coefficient (Wildman–Crippen LogP) is 3.59. The van der Waals surface area contributed by atoms with Crippen LogP contribution >= 0.6 is 0 Å². The fourth-order valence-corrected chi connectivity index (χ4v) is 4.14. The van der Waals surface area contributed by atoms with Crippen molar-refractivity contribution in [2.75, 3.05) is 37.9 Å². The number of anilines is 2. The van der Waals surface area contributed by atoms with E-state index in [0.29, 0.717) is 35.7 Å². The molecule has 7 heteroatoms. The van der Waals surface area contributed by atoms with E-state index in [9.17, 15) is 0 Å². The van der Waals surface area contributed by atoms with Gasteiger partial charge in [0, 0.05) is 18.0 Å². The molecule has 0 amide bonds. The number of hydrogen-bond donors (Lipinski definition) is 1. The summed E-state index contributed by atoms with van der Waals surface area (Å²) in [6.07, 6.45) is 2.60. The second-order valence-electron chi connectivity index (χ2n) is 7.95. The zero-order valence-corrected chi connectivity index (χ0v) is 17.2. The van der Waals surface area contributed by atoms with Crippen molar-refractivity contribution >= 4 is 22.7 Å². The maximum absolute atomic E-state index is 6.47. The van der Waals surface area contributed by atoms with Crippen molar-refractivity contribution in [2.45, 2.75) is 25.0 Å². The minimum absolute atomic E-state index is 0.0172. The molecule has 1 saturated heterocycles. The fourth-order valence-electron chi connectivity index (χ4n) is 4.14. The monoisotopic (exact) mass is 406 g/mol. The second kappa shape index (κ2) is 7.65. The standard InChI is InChI=1S/C23H26N4O3/c1-28-18-10-16-17(11-19(18)29-2)25-23(26-22(16)24)27-12-20(14-6-4-3-5-7-14)30-21(13-27)15-8-9-15/h3-7,10-11,15,20-21H,8-9,12-13H2,1-2H3,(H2,24,25,26)/t20-,21+/m0/s1. The number of nitrogens with two attached hydrogens (primary N) is 1. The van der Waals surface area contributed by atoms with Crippen molar-refractivity contribution in [3.8, 4) is 11.5 Å². The van der Waals surface area contributed by atoms with Gasteiger partial charge in [0.05, 0.1) is 32.4 Å². The average molecular weight is 406 g/mol. The SMILES string of the molecule is COc1cc2nc(N3C[C@@H](c4ccccc4)O[C@@H](C4CC4)C3)nc(N)c2cc1OC. The van der Waals surface area contributed by atoms with Gasteiger partial charge >= 0.3 is 0 Å². The Balaban J connectivity index is 1.52. The Hall–Kier alpha value is -3.06. The highest BCUT2D eigenvalue weighted by Crippen LogP contribution is 2.41. The number of nitrogens with zero attached hydrogens (tertiary/aromatic N) is 3. The summed E-state index contributed by atoms with van der Waals surface area (Å²) in [5.74, 6) is 2.90. The van der Waals surface area contributed by atoms with Gasteiger partial charge < -0.3 is 24.8 Å². The van der Waals surface area contributed by atoms with Gasteiger partial charge in [-0.2, -0.15) is 4.98 Å². The third-order valence-corrected chi connectivity index (χ3v) is 5.95. The Morgan fingerprint density at radius 2 is 1.73 bits per heavy atom. The van der Waals surface area contributed by atoms with Crippen molar-refractivity contribution in [2.24, 2.45) is 5.92 Å². The molecule has 0 unspecified atom stereocenters. The van der Waals surface area contributed by atoms with Crippen LogP contribution in [0.2, 0.25) is 0 Å². The van der Waals surface area contributed by atoms with Crippen LogP contribution in [0.3, 0.4) is 0 Å². The molecule has 2 atom stereocenters. The van der Waals surface area contributed by atoms with Gasteiger partial charge in [-0.1, -0.05) is 30.3 Å². The molecule has 2 N–H and O–H groups in total. The molecule has 1 saturated carbocycles. The van der Waals surface area contributed by atoms with Crippen LogP contribution in [0.5, 0.6) is 11.5 Å². The highest BCUT2D eigenvalue weighted by atomic mass is 16.5. The molecule has 3 aromatic rings. The molecule has 2 aliphatic rings. The maximum atomic E-state index is 6.47. The lowest BCUT2D eigenvalue weighted by atomic mass is 10.1. The van der Waals surface area contributed by atoms with E-state index in [1.165, 1.54) is 18.4 Å². The minimum atomic E-state index is -0.0172. The van der Waals surface area contributed by atoms with E-state index < -0.39 is 0 Å². The summed E-state index contributed by atoms with van der Waals surface area (Å²) in [5, 5.41) is 0.753. The van der Waals surface area contributed by atoms with Gasteiger partial charge in [-0.05, 0) is 30.4 Å². The van der Waals surface area contributed by atoms with E-state index in [4.69, 9.17) is 24.9 Å². The Morgan fingerprint density at radius 3 is 2.43 bits per heavy atom. The number of aromatic nitrogens is 2. The summed E-state index contributed by atoms with van der Waals surface area (Å²) in [4.78, 5) is 11.7. The Bertz CT molecular complexity index is 1060. The highest BCUT2D eigenvalue weighted by Gasteiger charge is 2.39. The first-order chi connectivity index (χ1) is 14.7. The summed E-state index contributed by atoms with van der Waals surface area (Å²) in [6, 6.07) is 14.0. The van der Waals surface area contributed by atoms with Gasteiger partial charge in [-0.25, -0.2) is 4.98 Å². The van der Waals surface area contributed by atoms with Crippen LogP contribution in [-0.2, 0) is 4.74 Å². The van der Waals surface area contributed by atoms with Gasteiger partial charge in [-0.15, -0.1) is 0 Å². The molecule has 1 aliphatic heterocycles. The lowest BCUT2D eigenvalue weighted by Crippen LogP contribution is -2.45. The van der Waals surface area contributed by atoms with Crippen molar-refractivity contribution in [1.82, 2.24) is 9.97 Å². The van der Waals surface area contributed by atoms with Crippen LogP contribution in [0.15, 0.2) is 42.5 Å². The molecular weight excluding hydrogens is 380 g/mol. The van der Waals surface area contributed by atoms with Crippen molar-refractivity contribution in [3.63, 3.8) is 0 Å². The van der Waals surface area contributed by atoms with E-state index in [0.717, 1.165) is 17.4 Å². The van der Waals surface area contributed by atoms with Crippen LogP contribution in [0.4, 0.5) is 11.8 Å². The number of hydrogen-bond acceptors (Lipinski definition) is 7. The van der Waals surface area contributed by atoms with Gasteiger partial charge in [0.2, 0.25) is 5.95 Å². The summed E-state index contributed by atoms with van der Waals surface area (Å²) < 4.78 is 17.3. The number of fused-ring (bicyclic) bond motifs is 1. The number of rotatable bonds is 5. The number of morpholine rings is 1. The largest absolute Gasteiger partial charge is 0.493 e. The molecular formula is C23H26N4O3. The van der Waals surface area contributed by atoms with E-state index in [-0.39, 0.29) is 12.2 Å². The zero-order valence-electron chi connectivity index (χ0n) is 17.2. The molecule has 0 bridgehead atoms.